The zero-order valence-electron chi connectivity index (χ0n) is 35.5. The predicted molar refractivity (Wildman–Crippen MR) is 227 cm³/mol. The fourth-order valence-corrected chi connectivity index (χ4v) is 7.16. The molecule has 314 valence electrons. The zero-order valence-corrected chi connectivity index (χ0v) is 35.5. The van der Waals surface area contributed by atoms with Crippen LogP contribution in [0.15, 0.2) is 12.2 Å². The maximum atomic E-state index is 12.4. The Morgan fingerprint density at radius 2 is 0.887 bits per heavy atom. The number of carbonyl (C=O) groups is 2. The molecule has 0 radical (unpaired) electrons. The number of amides is 1. The number of allylic oxidation sites excluding steroid dienone is 2. The largest absolute Gasteiger partial charge is 0.466 e. The quantitative estimate of drug-likeness (QED) is 0.0328. The van der Waals surface area contributed by atoms with Crippen molar-refractivity contribution >= 4 is 11.9 Å². The van der Waals surface area contributed by atoms with Crippen molar-refractivity contribution in [1.29, 1.82) is 0 Å². The Morgan fingerprint density at radius 3 is 1.34 bits per heavy atom. The molecule has 0 aliphatic heterocycles. The van der Waals surface area contributed by atoms with Gasteiger partial charge in [-0.05, 0) is 51.4 Å². The van der Waals surface area contributed by atoms with Crippen LogP contribution in [-0.4, -0.2) is 47.4 Å². The summed E-state index contributed by atoms with van der Waals surface area (Å²) in [5.74, 6) is -0.106. The van der Waals surface area contributed by atoms with Gasteiger partial charge in [-0.2, -0.15) is 0 Å². The summed E-state index contributed by atoms with van der Waals surface area (Å²) in [6.45, 7) is 4.85. The molecule has 0 aromatic heterocycles. The van der Waals surface area contributed by atoms with Crippen LogP contribution in [-0.2, 0) is 14.3 Å². The monoisotopic (exact) mass is 750 g/mol. The summed E-state index contributed by atoms with van der Waals surface area (Å²) < 4.78 is 5.42. The van der Waals surface area contributed by atoms with Gasteiger partial charge in [0, 0.05) is 12.8 Å². The standard InChI is InChI=1S/C47H91NO5/c1-3-5-7-9-11-13-15-17-18-20-25-29-33-37-41-47(52)53-42-38-34-30-26-22-21-24-28-32-36-40-46(51)48-44(43-49)45(50)39-35-31-27-23-19-16-14-12-10-8-6-4-2/h22,26,44-45,49-50H,3-21,23-25,27-43H2,1-2H3,(H,48,51)/b26-22-. The minimum absolute atomic E-state index is 0.0345. The first-order valence-electron chi connectivity index (χ1n) is 23.4. The van der Waals surface area contributed by atoms with Crippen molar-refractivity contribution in [3.8, 4) is 0 Å². The lowest BCUT2D eigenvalue weighted by Gasteiger charge is -2.22. The molecule has 3 N–H and O–H groups in total. The molecule has 0 aliphatic rings. The summed E-state index contributed by atoms with van der Waals surface area (Å²) in [5, 5.41) is 23.1. The van der Waals surface area contributed by atoms with E-state index in [9.17, 15) is 19.8 Å². The fraction of sp³-hybridized carbons (Fsp3) is 0.915. The smallest absolute Gasteiger partial charge is 0.305 e. The Labute approximate surface area is 329 Å². The van der Waals surface area contributed by atoms with Crippen LogP contribution in [0, 0.1) is 0 Å². The summed E-state index contributed by atoms with van der Waals surface area (Å²) in [6, 6.07) is -0.564. The number of unbranched alkanes of at least 4 members (excludes halogenated alkanes) is 30. The van der Waals surface area contributed by atoms with Crippen molar-refractivity contribution in [2.45, 2.75) is 264 Å². The van der Waals surface area contributed by atoms with Crippen LogP contribution < -0.4 is 5.32 Å². The van der Waals surface area contributed by atoms with E-state index in [0.717, 1.165) is 77.0 Å². The average Bonchev–Trinajstić information content (AvgIpc) is 3.16. The molecule has 0 heterocycles. The van der Waals surface area contributed by atoms with Gasteiger partial charge in [0.2, 0.25) is 5.91 Å². The summed E-state index contributed by atoms with van der Waals surface area (Å²) in [4.78, 5) is 24.4. The van der Waals surface area contributed by atoms with Crippen molar-refractivity contribution in [2.75, 3.05) is 13.2 Å². The molecule has 6 nitrogen and oxygen atoms in total. The molecule has 0 aliphatic carbocycles. The second-order valence-corrected chi connectivity index (χ2v) is 16.1. The van der Waals surface area contributed by atoms with Crippen molar-refractivity contribution in [2.24, 2.45) is 0 Å². The van der Waals surface area contributed by atoms with Gasteiger partial charge in [-0.3, -0.25) is 9.59 Å². The second kappa shape index (κ2) is 43.3. The molecule has 0 aromatic rings. The van der Waals surface area contributed by atoms with Gasteiger partial charge in [0.25, 0.3) is 0 Å². The topological polar surface area (TPSA) is 95.9 Å². The van der Waals surface area contributed by atoms with Crippen LogP contribution >= 0.6 is 0 Å². The fourth-order valence-electron chi connectivity index (χ4n) is 7.16. The number of aliphatic hydroxyl groups excluding tert-OH is 2. The predicted octanol–water partition coefficient (Wildman–Crippen LogP) is 13.4. The third kappa shape index (κ3) is 40.1. The lowest BCUT2D eigenvalue weighted by atomic mass is 10.0. The van der Waals surface area contributed by atoms with E-state index >= 15 is 0 Å². The Bertz CT molecular complexity index is 787. The van der Waals surface area contributed by atoms with E-state index in [-0.39, 0.29) is 18.5 Å². The Morgan fingerprint density at radius 1 is 0.509 bits per heavy atom. The highest BCUT2D eigenvalue weighted by Gasteiger charge is 2.20. The van der Waals surface area contributed by atoms with Crippen LogP contribution in [0.25, 0.3) is 0 Å². The highest BCUT2D eigenvalue weighted by Crippen LogP contribution is 2.16. The Balaban J connectivity index is 3.52. The van der Waals surface area contributed by atoms with Crippen LogP contribution in [0.4, 0.5) is 0 Å². The third-order valence-corrected chi connectivity index (χ3v) is 10.8. The molecule has 0 spiro atoms. The number of rotatable bonds is 43. The maximum absolute atomic E-state index is 12.4. The molecule has 6 heteroatoms. The molecule has 0 saturated carbocycles. The molecule has 0 rings (SSSR count). The van der Waals surface area contributed by atoms with Crippen LogP contribution in [0.2, 0.25) is 0 Å². The number of ether oxygens (including phenoxy) is 1. The minimum Gasteiger partial charge on any atom is -0.466 e. The van der Waals surface area contributed by atoms with E-state index in [0.29, 0.717) is 25.9 Å². The van der Waals surface area contributed by atoms with E-state index in [1.807, 2.05) is 0 Å². The highest BCUT2D eigenvalue weighted by molar-refractivity contribution is 5.76. The molecule has 1 amide bonds. The highest BCUT2D eigenvalue weighted by atomic mass is 16.5. The van der Waals surface area contributed by atoms with Crippen molar-refractivity contribution < 1.29 is 24.5 Å². The summed E-state index contributed by atoms with van der Waals surface area (Å²) >= 11 is 0. The summed E-state index contributed by atoms with van der Waals surface area (Å²) in [7, 11) is 0. The molecule has 2 unspecified atom stereocenters. The first-order chi connectivity index (χ1) is 26.0. The van der Waals surface area contributed by atoms with Gasteiger partial charge < -0.3 is 20.3 Å². The lowest BCUT2D eigenvalue weighted by Crippen LogP contribution is -2.45. The second-order valence-electron chi connectivity index (χ2n) is 16.1. The molecular weight excluding hydrogens is 659 g/mol. The zero-order chi connectivity index (χ0) is 38.7. The van der Waals surface area contributed by atoms with E-state index in [1.54, 1.807) is 0 Å². The van der Waals surface area contributed by atoms with Crippen LogP contribution in [0.1, 0.15) is 251 Å². The number of esters is 1. The number of aliphatic hydroxyl groups is 2. The number of hydrogen-bond donors (Lipinski definition) is 3. The first kappa shape index (κ1) is 51.6. The van der Waals surface area contributed by atoms with Crippen molar-refractivity contribution in [3.05, 3.63) is 12.2 Å². The van der Waals surface area contributed by atoms with Gasteiger partial charge in [0.05, 0.1) is 25.4 Å². The number of carbonyl (C=O) groups excluding carboxylic acids is 2. The van der Waals surface area contributed by atoms with Crippen LogP contribution in [0.3, 0.4) is 0 Å². The van der Waals surface area contributed by atoms with Gasteiger partial charge >= 0.3 is 5.97 Å². The minimum atomic E-state index is -0.683. The molecular formula is C47H91NO5. The van der Waals surface area contributed by atoms with Crippen molar-refractivity contribution in [1.82, 2.24) is 5.32 Å². The van der Waals surface area contributed by atoms with E-state index in [1.165, 1.54) is 141 Å². The molecule has 0 bridgehead atoms. The SMILES string of the molecule is CCCCCCCCCCCCCCCCC(=O)OCCCC/C=C\CCCCCCC(=O)NC(CO)C(O)CCCCCCCCCCCCCC. The van der Waals surface area contributed by atoms with E-state index in [4.69, 9.17) is 4.74 Å². The van der Waals surface area contributed by atoms with E-state index < -0.39 is 12.1 Å². The maximum Gasteiger partial charge on any atom is 0.305 e. The van der Waals surface area contributed by atoms with Gasteiger partial charge in [0.1, 0.15) is 0 Å². The lowest BCUT2D eigenvalue weighted by molar-refractivity contribution is -0.143. The number of hydrogen-bond acceptors (Lipinski definition) is 5. The molecule has 2 atom stereocenters. The summed E-state index contributed by atoms with van der Waals surface area (Å²) in [5.41, 5.74) is 0. The molecule has 0 fully saturated rings. The van der Waals surface area contributed by atoms with Gasteiger partial charge in [-0.1, -0.05) is 199 Å². The van der Waals surface area contributed by atoms with Gasteiger partial charge in [-0.25, -0.2) is 0 Å². The van der Waals surface area contributed by atoms with Crippen molar-refractivity contribution in [3.63, 3.8) is 0 Å². The average molecular weight is 750 g/mol. The first-order valence-corrected chi connectivity index (χ1v) is 23.4. The molecule has 53 heavy (non-hydrogen) atoms. The Kier molecular flexibility index (Phi) is 42.2. The Hall–Kier alpha value is -1.40. The van der Waals surface area contributed by atoms with Gasteiger partial charge in [0.15, 0.2) is 0 Å². The van der Waals surface area contributed by atoms with E-state index in [2.05, 4.69) is 31.3 Å². The third-order valence-electron chi connectivity index (χ3n) is 10.8. The van der Waals surface area contributed by atoms with Crippen LogP contribution in [0.5, 0.6) is 0 Å². The van der Waals surface area contributed by atoms with Gasteiger partial charge in [-0.15, -0.1) is 0 Å². The number of nitrogens with one attached hydrogen (secondary N) is 1. The summed E-state index contributed by atoms with van der Waals surface area (Å²) in [6.07, 6.45) is 47.4. The molecule has 0 aromatic carbocycles. The molecule has 0 saturated heterocycles. The normalized spacial score (nSPS) is 12.8.